The lowest BCUT2D eigenvalue weighted by Gasteiger charge is -2.25. The Kier molecular flexibility index (Phi) is 6.56. The fourth-order valence-electron chi connectivity index (χ4n) is 2.04. The van der Waals surface area contributed by atoms with Crippen LogP contribution in [0.25, 0.3) is 0 Å². The summed E-state index contributed by atoms with van der Waals surface area (Å²) in [5, 5.41) is 11.4. The SMILES string of the molecule is CCN(CC(O)C(F)(F)F)C(=O)Nc1ccc(Oc2cccc(F)c2)cn1. The number of pyridine rings is 1. The summed E-state index contributed by atoms with van der Waals surface area (Å²) in [6, 6.07) is 7.45. The molecule has 2 rings (SSSR count). The number of carbonyl (C=O) groups excluding carboxylic acids is 1. The van der Waals surface area contributed by atoms with Gasteiger partial charge in [-0.25, -0.2) is 14.2 Å². The number of hydrogen-bond donors (Lipinski definition) is 2. The molecule has 1 aromatic carbocycles. The Labute approximate surface area is 152 Å². The molecule has 0 bridgehead atoms. The number of anilines is 1. The number of rotatable bonds is 6. The number of amides is 2. The molecule has 1 heterocycles. The summed E-state index contributed by atoms with van der Waals surface area (Å²) in [6.07, 6.45) is -6.19. The lowest BCUT2D eigenvalue weighted by Crippen LogP contribution is -2.45. The first-order chi connectivity index (χ1) is 12.7. The molecule has 0 radical (unpaired) electrons. The molecule has 0 spiro atoms. The van der Waals surface area contributed by atoms with Crippen molar-refractivity contribution >= 4 is 11.8 Å². The van der Waals surface area contributed by atoms with Crippen molar-refractivity contribution in [2.24, 2.45) is 0 Å². The van der Waals surface area contributed by atoms with Crippen LogP contribution >= 0.6 is 0 Å². The van der Waals surface area contributed by atoms with Gasteiger partial charge in [0.25, 0.3) is 0 Å². The smallest absolute Gasteiger partial charge is 0.416 e. The molecular weight excluding hydrogens is 370 g/mol. The second-order valence-electron chi connectivity index (χ2n) is 5.46. The predicted octanol–water partition coefficient (Wildman–Crippen LogP) is 3.79. The summed E-state index contributed by atoms with van der Waals surface area (Å²) in [7, 11) is 0. The highest BCUT2D eigenvalue weighted by molar-refractivity contribution is 5.88. The minimum absolute atomic E-state index is 0.0419. The molecule has 146 valence electrons. The van der Waals surface area contributed by atoms with Crippen LogP contribution in [-0.4, -0.2) is 46.4 Å². The zero-order valence-electron chi connectivity index (χ0n) is 14.2. The second-order valence-corrected chi connectivity index (χ2v) is 5.46. The van der Waals surface area contributed by atoms with Crippen molar-refractivity contribution in [3.63, 3.8) is 0 Å². The van der Waals surface area contributed by atoms with Gasteiger partial charge in [0.15, 0.2) is 6.10 Å². The third kappa shape index (κ3) is 6.10. The molecule has 0 fully saturated rings. The Morgan fingerprint density at radius 3 is 2.59 bits per heavy atom. The number of ether oxygens (including phenoxy) is 1. The number of nitrogens with zero attached hydrogens (tertiary/aromatic N) is 2. The molecular formula is C17H17F4N3O3. The summed E-state index contributed by atoms with van der Waals surface area (Å²) >= 11 is 0. The Hall–Kier alpha value is -2.88. The van der Waals surface area contributed by atoms with E-state index in [0.717, 1.165) is 4.90 Å². The number of carbonyl (C=O) groups is 1. The summed E-state index contributed by atoms with van der Waals surface area (Å²) in [6.45, 7) is 0.540. The summed E-state index contributed by atoms with van der Waals surface area (Å²) in [4.78, 5) is 16.8. The normalized spacial score (nSPS) is 12.4. The minimum atomic E-state index is -4.82. The van der Waals surface area contributed by atoms with Crippen molar-refractivity contribution < 1.29 is 32.2 Å². The van der Waals surface area contributed by atoms with E-state index in [4.69, 9.17) is 9.84 Å². The second kappa shape index (κ2) is 8.67. The van der Waals surface area contributed by atoms with Crippen molar-refractivity contribution in [3.8, 4) is 11.5 Å². The molecule has 6 nitrogen and oxygen atoms in total. The molecule has 0 saturated heterocycles. The van der Waals surface area contributed by atoms with E-state index in [2.05, 4.69) is 10.3 Å². The largest absolute Gasteiger partial charge is 0.456 e. The van der Waals surface area contributed by atoms with Gasteiger partial charge in [-0.2, -0.15) is 13.2 Å². The molecule has 1 unspecified atom stereocenters. The van der Waals surface area contributed by atoms with Crippen LogP contribution in [-0.2, 0) is 0 Å². The van der Waals surface area contributed by atoms with Crippen LogP contribution in [0.1, 0.15) is 6.92 Å². The number of alkyl halides is 3. The highest BCUT2D eigenvalue weighted by Crippen LogP contribution is 2.23. The zero-order valence-corrected chi connectivity index (χ0v) is 14.2. The fraction of sp³-hybridized carbons (Fsp3) is 0.294. The Balaban J connectivity index is 1.97. The summed E-state index contributed by atoms with van der Waals surface area (Å²) in [5.74, 6) is 0.141. The van der Waals surface area contributed by atoms with E-state index in [1.165, 1.54) is 43.5 Å². The highest BCUT2D eigenvalue weighted by atomic mass is 19.4. The first-order valence-corrected chi connectivity index (χ1v) is 7.89. The van der Waals surface area contributed by atoms with Gasteiger partial charge in [-0.15, -0.1) is 0 Å². The number of aromatic nitrogens is 1. The van der Waals surface area contributed by atoms with Crippen LogP contribution in [0.15, 0.2) is 42.6 Å². The third-order valence-corrected chi connectivity index (χ3v) is 3.44. The predicted molar refractivity (Wildman–Crippen MR) is 89.0 cm³/mol. The minimum Gasteiger partial charge on any atom is -0.456 e. The number of likely N-dealkylation sites (N-methyl/N-ethyl adjacent to an activating group) is 1. The zero-order chi connectivity index (χ0) is 20.0. The van der Waals surface area contributed by atoms with Crippen molar-refractivity contribution in [1.82, 2.24) is 9.88 Å². The topological polar surface area (TPSA) is 74.7 Å². The standard InChI is InChI=1S/C17H17F4N3O3/c1-2-24(10-14(25)17(19,20)21)16(26)23-15-7-6-13(9-22-15)27-12-5-3-4-11(18)8-12/h3-9,14,25H,2,10H2,1H3,(H,22,23,26). The average Bonchev–Trinajstić information content (AvgIpc) is 2.60. The van der Waals surface area contributed by atoms with Crippen molar-refractivity contribution in [1.29, 1.82) is 0 Å². The monoisotopic (exact) mass is 387 g/mol. The number of halogens is 4. The van der Waals surface area contributed by atoms with Crippen LogP contribution in [0.2, 0.25) is 0 Å². The fourth-order valence-corrected chi connectivity index (χ4v) is 2.04. The molecule has 0 saturated carbocycles. The van der Waals surface area contributed by atoms with E-state index < -0.39 is 30.7 Å². The first kappa shape index (κ1) is 20.4. The Morgan fingerprint density at radius 2 is 2.04 bits per heavy atom. The summed E-state index contributed by atoms with van der Waals surface area (Å²) in [5.41, 5.74) is 0. The van der Waals surface area contributed by atoms with Crippen molar-refractivity contribution in [2.75, 3.05) is 18.4 Å². The molecule has 10 heteroatoms. The molecule has 0 aliphatic heterocycles. The van der Waals surface area contributed by atoms with Gasteiger partial charge < -0.3 is 14.7 Å². The van der Waals surface area contributed by atoms with Gasteiger partial charge in [0.2, 0.25) is 0 Å². The Bertz CT molecular complexity index is 769. The lowest BCUT2D eigenvalue weighted by atomic mass is 10.3. The van der Waals surface area contributed by atoms with Crippen LogP contribution < -0.4 is 10.1 Å². The maximum absolute atomic E-state index is 13.1. The van der Waals surface area contributed by atoms with Crippen LogP contribution in [0, 0.1) is 5.82 Å². The number of urea groups is 1. The number of hydrogen-bond acceptors (Lipinski definition) is 4. The molecule has 2 aromatic rings. The van der Waals surface area contributed by atoms with Gasteiger partial charge in [0, 0.05) is 12.6 Å². The van der Waals surface area contributed by atoms with E-state index >= 15 is 0 Å². The van der Waals surface area contributed by atoms with Gasteiger partial charge in [-0.3, -0.25) is 5.32 Å². The van der Waals surface area contributed by atoms with E-state index in [-0.39, 0.29) is 23.9 Å². The van der Waals surface area contributed by atoms with Gasteiger partial charge in [-0.1, -0.05) is 6.07 Å². The molecule has 1 atom stereocenters. The third-order valence-electron chi connectivity index (χ3n) is 3.44. The molecule has 2 amide bonds. The maximum Gasteiger partial charge on any atom is 0.416 e. The average molecular weight is 387 g/mol. The van der Waals surface area contributed by atoms with Gasteiger partial charge in [0.05, 0.1) is 12.7 Å². The summed E-state index contributed by atoms with van der Waals surface area (Å²) < 4.78 is 55.8. The number of nitrogens with one attached hydrogen (secondary N) is 1. The first-order valence-electron chi connectivity index (χ1n) is 7.89. The van der Waals surface area contributed by atoms with E-state index in [1.54, 1.807) is 6.07 Å². The van der Waals surface area contributed by atoms with Crippen LogP contribution in [0.5, 0.6) is 11.5 Å². The van der Waals surface area contributed by atoms with Crippen LogP contribution in [0.4, 0.5) is 28.2 Å². The van der Waals surface area contributed by atoms with Crippen LogP contribution in [0.3, 0.4) is 0 Å². The Morgan fingerprint density at radius 1 is 1.30 bits per heavy atom. The quantitative estimate of drug-likeness (QED) is 0.740. The van der Waals surface area contributed by atoms with Gasteiger partial charge >= 0.3 is 12.2 Å². The van der Waals surface area contributed by atoms with E-state index in [1.807, 2.05) is 0 Å². The van der Waals surface area contributed by atoms with Crippen molar-refractivity contribution in [2.45, 2.75) is 19.2 Å². The number of aliphatic hydroxyl groups excluding tert-OH is 1. The maximum atomic E-state index is 13.1. The molecule has 1 aromatic heterocycles. The number of aliphatic hydroxyl groups is 1. The molecule has 27 heavy (non-hydrogen) atoms. The molecule has 0 aliphatic carbocycles. The van der Waals surface area contributed by atoms with E-state index in [0.29, 0.717) is 0 Å². The number of benzene rings is 1. The highest BCUT2D eigenvalue weighted by Gasteiger charge is 2.39. The van der Waals surface area contributed by atoms with Crippen molar-refractivity contribution in [3.05, 3.63) is 48.4 Å². The van der Waals surface area contributed by atoms with E-state index in [9.17, 15) is 22.4 Å². The lowest BCUT2D eigenvalue weighted by molar-refractivity contribution is -0.206. The molecule has 2 N–H and O–H groups in total. The molecule has 0 aliphatic rings. The van der Waals surface area contributed by atoms with Gasteiger partial charge in [0.1, 0.15) is 23.1 Å². The van der Waals surface area contributed by atoms with Gasteiger partial charge in [-0.05, 0) is 31.2 Å².